The third-order valence-corrected chi connectivity index (χ3v) is 3.68. The van der Waals surface area contributed by atoms with Gasteiger partial charge in [-0.3, -0.25) is 4.79 Å². The number of carbonyl (C=O) groups excluding carboxylic acids is 1. The predicted octanol–water partition coefficient (Wildman–Crippen LogP) is 3.34. The lowest BCUT2D eigenvalue weighted by atomic mass is 9.87. The van der Waals surface area contributed by atoms with Gasteiger partial charge in [-0.25, -0.2) is 0 Å². The van der Waals surface area contributed by atoms with Crippen molar-refractivity contribution < 1.29 is 4.79 Å². The SMILES string of the molecule is CC(C)(CCCl)CNC(=O)C1CCCCC1. The first-order valence-electron chi connectivity index (χ1n) is 6.39. The van der Waals surface area contributed by atoms with Crippen molar-refractivity contribution in [2.45, 2.75) is 52.4 Å². The molecule has 0 unspecified atom stereocenters. The first-order chi connectivity index (χ1) is 7.55. The smallest absolute Gasteiger partial charge is 0.223 e. The molecule has 3 heteroatoms. The normalized spacial score (nSPS) is 18.4. The highest BCUT2D eigenvalue weighted by Gasteiger charge is 2.23. The second kappa shape index (κ2) is 6.48. The number of halogens is 1. The molecule has 0 radical (unpaired) electrons. The highest BCUT2D eigenvalue weighted by Crippen LogP contribution is 2.24. The maximum Gasteiger partial charge on any atom is 0.223 e. The fourth-order valence-corrected chi connectivity index (χ4v) is 2.69. The van der Waals surface area contributed by atoms with Gasteiger partial charge in [-0.2, -0.15) is 0 Å². The Kier molecular flexibility index (Phi) is 5.60. The summed E-state index contributed by atoms with van der Waals surface area (Å²) in [6.07, 6.45) is 6.80. The quantitative estimate of drug-likeness (QED) is 0.740. The van der Waals surface area contributed by atoms with Gasteiger partial charge >= 0.3 is 0 Å². The molecular formula is C13H24ClNO. The largest absolute Gasteiger partial charge is 0.355 e. The number of rotatable bonds is 5. The maximum absolute atomic E-state index is 11.9. The molecule has 0 saturated heterocycles. The molecule has 1 saturated carbocycles. The average Bonchev–Trinajstić information content (AvgIpc) is 2.27. The standard InChI is InChI=1S/C13H24ClNO/c1-13(2,8-9-14)10-15-12(16)11-6-4-3-5-7-11/h11H,3-10H2,1-2H3,(H,15,16). The van der Waals surface area contributed by atoms with E-state index in [1.54, 1.807) is 0 Å². The van der Waals surface area contributed by atoms with Crippen molar-refractivity contribution in [1.82, 2.24) is 5.32 Å². The van der Waals surface area contributed by atoms with Gasteiger partial charge in [0.05, 0.1) is 0 Å². The Balaban J connectivity index is 2.28. The second-order valence-electron chi connectivity index (χ2n) is 5.66. The topological polar surface area (TPSA) is 29.1 Å². The Bertz CT molecular complexity index is 222. The molecule has 1 rings (SSSR count). The molecule has 2 nitrogen and oxygen atoms in total. The molecule has 0 bridgehead atoms. The zero-order valence-corrected chi connectivity index (χ0v) is 11.3. The van der Waals surface area contributed by atoms with Crippen molar-refractivity contribution in [2.24, 2.45) is 11.3 Å². The van der Waals surface area contributed by atoms with E-state index < -0.39 is 0 Å². The lowest BCUT2D eigenvalue weighted by Gasteiger charge is -2.26. The highest BCUT2D eigenvalue weighted by molar-refractivity contribution is 6.17. The van der Waals surface area contributed by atoms with Crippen molar-refractivity contribution in [3.8, 4) is 0 Å². The van der Waals surface area contributed by atoms with E-state index in [2.05, 4.69) is 19.2 Å². The van der Waals surface area contributed by atoms with Gasteiger partial charge < -0.3 is 5.32 Å². The van der Waals surface area contributed by atoms with Crippen LogP contribution in [0, 0.1) is 11.3 Å². The van der Waals surface area contributed by atoms with Crippen LogP contribution in [0.25, 0.3) is 0 Å². The van der Waals surface area contributed by atoms with E-state index in [1.807, 2.05) is 0 Å². The number of nitrogens with one attached hydrogen (secondary N) is 1. The first kappa shape index (κ1) is 13.8. The van der Waals surface area contributed by atoms with Crippen LogP contribution in [-0.4, -0.2) is 18.3 Å². The van der Waals surface area contributed by atoms with E-state index in [-0.39, 0.29) is 17.2 Å². The summed E-state index contributed by atoms with van der Waals surface area (Å²) in [5, 5.41) is 3.08. The summed E-state index contributed by atoms with van der Waals surface area (Å²) in [5.74, 6) is 1.18. The molecule has 1 fully saturated rings. The Labute approximate surface area is 104 Å². The fourth-order valence-electron chi connectivity index (χ4n) is 2.18. The van der Waals surface area contributed by atoms with E-state index in [0.29, 0.717) is 5.88 Å². The van der Waals surface area contributed by atoms with E-state index in [0.717, 1.165) is 25.8 Å². The molecule has 0 aliphatic heterocycles. The zero-order valence-electron chi connectivity index (χ0n) is 10.5. The van der Waals surface area contributed by atoms with Crippen LogP contribution < -0.4 is 5.32 Å². The molecule has 0 heterocycles. The molecule has 1 aliphatic carbocycles. The zero-order chi connectivity index (χ0) is 12.0. The molecule has 0 spiro atoms. The third-order valence-electron chi connectivity index (χ3n) is 3.49. The van der Waals surface area contributed by atoms with Crippen molar-refractivity contribution >= 4 is 17.5 Å². The molecule has 16 heavy (non-hydrogen) atoms. The number of alkyl halides is 1. The summed E-state index contributed by atoms with van der Waals surface area (Å²) in [7, 11) is 0. The summed E-state index contributed by atoms with van der Waals surface area (Å²) in [6.45, 7) is 5.04. The molecule has 0 aromatic rings. The van der Waals surface area contributed by atoms with Gasteiger partial charge in [0, 0.05) is 18.3 Å². The predicted molar refractivity (Wildman–Crippen MR) is 68.7 cm³/mol. The number of hydrogen-bond acceptors (Lipinski definition) is 1. The van der Waals surface area contributed by atoms with Gasteiger partial charge in [-0.15, -0.1) is 11.6 Å². The van der Waals surface area contributed by atoms with E-state index >= 15 is 0 Å². The maximum atomic E-state index is 11.9. The molecule has 1 N–H and O–H groups in total. The summed E-state index contributed by atoms with van der Waals surface area (Å²) in [5.41, 5.74) is 0.117. The summed E-state index contributed by atoms with van der Waals surface area (Å²) < 4.78 is 0. The summed E-state index contributed by atoms with van der Waals surface area (Å²) in [4.78, 5) is 11.9. The van der Waals surface area contributed by atoms with E-state index in [4.69, 9.17) is 11.6 Å². The minimum absolute atomic E-state index is 0.117. The second-order valence-corrected chi connectivity index (χ2v) is 6.03. The van der Waals surface area contributed by atoms with Crippen LogP contribution in [-0.2, 0) is 4.79 Å². The van der Waals surface area contributed by atoms with Crippen LogP contribution >= 0.6 is 11.6 Å². The summed E-state index contributed by atoms with van der Waals surface area (Å²) >= 11 is 5.74. The Morgan fingerprint density at radius 2 is 1.94 bits per heavy atom. The molecule has 0 aromatic heterocycles. The fraction of sp³-hybridized carbons (Fsp3) is 0.923. The van der Waals surface area contributed by atoms with Crippen LogP contribution in [0.3, 0.4) is 0 Å². The minimum Gasteiger partial charge on any atom is -0.355 e. The molecule has 1 aliphatic rings. The average molecular weight is 246 g/mol. The first-order valence-corrected chi connectivity index (χ1v) is 6.92. The Morgan fingerprint density at radius 1 is 1.31 bits per heavy atom. The minimum atomic E-state index is 0.117. The van der Waals surface area contributed by atoms with Crippen LogP contribution in [0.2, 0.25) is 0 Å². The van der Waals surface area contributed by atoms with Crippen molar-refractivity contribution in [3.63, 3.8) is 0 Å². The number of carbonyl (C=O) groups is 1. The molecule has 1 amide bonds. The van der Waals surface area contributed by atoms with Crippen LogP contribution in [0.4, 0.5) is 0 Å². The lowest BCUT2D eigenvalue weighted by Crippen LogP contribution is -2.38. The van der Waals surface area contributed by atoms with Gasteiger partial charge in [0.2, 0.25) is 5.91 Å². The van der Waals surface area contributed by atoms with Gasteiger partial charge in [0.1, 0.15) is 0 Å². The Morgan fingerprint density at radius 3 is 2.50 bits per heavy atom. The Hall–Kier alpha value is -0.240. The molecular weight excluding hydrogens is 222 g/mol. The highest BCUT2D eigenvalue weighted by atomic mass is 35.5. The van der Waals surface area contributed by atoms with Crippen LogP contribution in [0.15, 0.2) is 0 Å². The monoisotopic (exact) mass is 245 g/mol. The van der Waals surface area contributed by atoms with E-state index in [9.17, 15) is 4.79 Å². The lowest BCUT2D eigenvalue weighted by molar-refractivity contribution is -0.126. The van der Waals surface area contributed by atoms with Gasteiger partial charge in [-0.1, -0.05) is 33.1 Å². The van der Waals surface area contributed by atoms with Crippen LogP contribution in [0.5, 0.6) is 0 Å². The van der Waals surface area contributed by atoms with Gasteiger partial charge in [-0.05, 0) is 24.7 Å². The number of hydrogen-bond donors (Lipinski definition) is 1. The van der Waals surface area contributed by atoms with Crippen molar-refractivity contribution in [1.29, 1.82) is 0 Å². The van der Waals surface area contributed by atoms with Crippen molar-refractivity contribution in [2.75, 3.05) is 12.4 Å². The molecule has 0 aromatic carbocycles. The van der Waals surface area contributed by atoms with Gasteiger partial charge in [0.15, 0.2) is 0 Å². The third kappa shape index (κ3) is 4.73. The summed E-state index contributed by atoms with van der Waals surface area (Å²) in [6, 6.07) is 0. The van der Waals surface area contributed by atoms with Crippen LogP contribution in [0.1, 0.15) is 52.4 Å². The molecule has 94 valence electrons. The van der Waals surface area contributed by atoms with E-state index in [1.165, 1.54) is 19.3 Å². The van der Waals surface area contributed by atoms with Gasteiger partial charge in [0.25, 0.3) is 0 Å². The number of amides is 1. The molecule has 0 atom stereocenters. The van der Waals surface area contributed by atoms with Crippen molar-refractivity contribution in [3.05, 3.63) is 0 Å².